The number of benzene rings is 1. The lowest BCUT2D eigenvalue weighted by Crippen LogP contribution is -2.22. The molecule has 2 rings (SSSR count). The fourth-order valence-corrected chi connectivity index (χ4v) is 1.95. The molecule has 0 saturated carbocycles. The van der Waals surface area contributed by atoms with Crippen LogP contribution in [-0.2, 0) is 4.79 Å². The summed E-state index contributed by atoms with van der Waals surface area (Å²) >= 11 is 0.776. The van der Waals surface area contributed by atoms with Crippen molar-refractivity contribution >= 4 is 34.4 Å². The number of ketones is 1. The van der Waals surface area contributed by atoms with Gasteiger partial charge in [0.1, 0.15) is 0 Å². The monoisotopic (exact) mass is 263 g/mol. The van der Waals surface area contributed by atoms with E-state index in [-0.39, 0.29) is 5.78 Å². The molecular weight excluding hydrogens is 254 g/mol. The molecule has 1 N–H and O–H groups in total. The Bertz CT molecular complexity index is 556. The normalized spacial score (nSPS) is 19.3. The lowest BCUT2D eigenvalue weighted by Gasteiger charge is -1.98. The molecule has 2 amide bonds. The molecule has 1 saturated heterocycles. The fraction of sp³-hybridized carbons (Fsp3) is 0.182. The molecule has 0 bridgehead atoms. The van der Waals surface area contributed by atoms with E-state index in [1.807, 2.05) is 0 Å². The molecule has 0 radical (unpaired) electrons. The van der Waals surface area contributed by atoms with Gasteiger partial charge in [-0.1, -0.05) is 12.1 Å². The Morgan fingerprint density at radius 3 is 2.78 bits per heavy atom. The van der Waals surface area contributed by atoms with Crippen LogP contribution >= 0.6 is 11.8 Å². The standard InChI is InChI=1S/C11H9N3O3S/c1-6(15)7-3-2-4-8(5-7)13-14-10-9(16)12-11(17)18-10/h2-5,10H,1H3,(H,12,16,17). The first kappa shape index (κ1) is 12.4. The quantitative estimate of drug-likeness (QED) is 0.669. The highest BCUT2D eigenvalue weighted by molar-refractivity contribution is 8.15. The molecule has 1 aromatic carbocycles. The molecule has 1 aromatic rings. The number of imide groups is 1. The van der Waals surface area contributed by atoms with Gasteiger partial charge < -0.3 is 0 Å². The van der Waals surface area contributed by atoms with Gasteiger partial charge in [-0.25, -0.2) is 0 Å². The Morgan fingerprint density at radius 2 is 2.17 bits per heavy atom. The van der Waals surface area contributed by atoms with Gasteiger partial charge >= 0.3 is 0 Å². The van der Waals surface area contributed by atoms with Gasteiger partial charge in [0, 0.05) is 5.56 Å². The van der Waals surface area contributed by atoms with Gasteiger partial charge in [-0.2, -0.15) is 10.2 Å². The Balaban J connectivity index is 2.14. The van der Waals surface area contributed by atoms with E-state index in [1.54, 1.807) is 24.3 Å². The Morgan fingerprint density at radius 1 is 1.39 bits per heavy atom. The molecule has 1 heterocycles. The van der Waals surface area contributed by atoms with Crippen LogP contribution in [-0.4, -0.2) is 22.3 Å². The summed E-state index contributed by atoms with van der Waals surface area (Å²) in [6.45, 7) is 1.45. The van der Waals surface area contributed by atoms with Crippen LogP contribution < -0.4 is 5.32 Å². The minimum absolute atomic E-state index is 0.0739. The highest BCUT2D eigenvalue weighted by Gasteiger charge is 2.31. The zero-order chi connectivity index (χ0) is 13.1. The number of Topliss-reactive ketones (excluding diaryl/α,β-unsaturated/α-hetero) is 1. The van der Waals surface area contributed by atoms with Gasteiger partial charge in [-0.3, -0.25) is 19.7 Å². The first-order valence-electron chi connectivity index (χ1n) is 5.09. The highest BCUT2D eigenvalue weighted by atomic mass is 32.2. The molecule has 1 aliphatic heterocycles. The number of azo groups is 1. The van der Waals surface area contributed by atoms with Crippen molar-refractivity contribution in [2.45, 2.75) is 12.3 Å². The average molecular weight is 263 g/mol. The summed E-state index contributed by atoms with van der Waals surface area (Å²) in [4.78, 5) is 33.3. The molecule has 18 heavy (non-hydrogen) atoms. The maximum atomic E-state index is 11.2. The second-order valence-electron chi connectivity index (χ2n) is 3.57. The highest BCUT2D eigenvalue weighted by Crippen LogP contribution is 2.23. The van der Waals surface area contributed by atoms with E-state index in [9.17, 15) is 14.4 Å². The lowest BCUT2D eigenvalue weighted by molar-refractivity contribution is -0.118. The van der Waals surface area contributed by atoms with Crippen molar-refractivity contribution in [3.63, 3.8) is 0 Å². The predicted octanol–water partition coefficient (Wildman–Crippen LogP) is 2.28. The third-order valence-corrected chi connectivity index (χ3v) is 3.05. The lowest BCUT2D eigenvalue weighted by atomic mass is 10.1. The van der Waals surface area contributed by atoms with E-state index in [1.165, 1.54) is 6.92 Å². The summed E-state index contributed by atoms with van der Waals surface area (Å²) in [6, 6.07) is 6.58. The number of nitrogens with one attached hydrogen (secondary N) is 1. The van der Waals surface area contributed by atoms with E-state index in [0.29, 0.717) is 11.3 Å². The number of carbonyl (C=O) groups excluding carboxylic acids is 3. The first-order chi connectivity index (χ1) is 8.56. The number of hydrogen-bond donors (Lipinski definition) is 1. The number of carbonyl (C=O) groups is 3. The second-order valence-corrected chi connectivity index (χ2v) is 4.62. The van der Waals surface area contributed by atoms with E-state index >= 15 is 0 Å². The van der Waals surface area contributed by atoms with Gasteiger partial charge in [0.15, 0.2) is 5.78 Å². The maximum Gasteiger partial charge on any atom is 0.288 e. The molecular formula is C11H9N3O3S. The third kappa shape index (κ3) is 2.80. The zero-order valence-electron chi connectivity index (χ0n) is 9.41. The van der Waals surface area contributed by atoms with Crippen molar-refractivity contribution in [2.24, 2.45) is 10.2 Å². The summed E-state index contributed by atoms with van der Waals surface area (Å²) < 4.78 is 0. The number of rotatable bonds is 3. The van der Waals surface area contributed by atoms with Gasteiger partial charge in [0.25, 0.3) is 11.1 Å². The van der Waals surface area contributed by atoms with Crippen LogP contribution in [0.25, 0.3) is 0 Å². The summed E-state index contributed by atoms with van der Waals surface area (Å²) in [5.41, 5.74) is 0.988. The summed E-state index contributed by atoms with van der Waals surface area (Å²) in [6.07, 6.45) is 0. The largest absolute Gasteiger partial charge is 0.295 e. The van der Waals surface area contributed by atoms with E-state index in [4.69, 9.17) is 0 Å². The minimum Gasteiger partial charge on any atom is -0.295 e. The molecule has 0 spiro atoms. The summed E-state index contributed by atoms with van der Waals surface area (Å²) in [5.74, 6) is -0.549. The van der Waals surface area contributed by atoms with Crippen molar-refractivity contribution in [3.8, 4) is 0 Å². The Hall–Kier alpha value is -2.02. The molecule has 1 unspecified atom stereocenters. The van der Waals surface area contributed by atoms with Crippen molar-refractivity contribution in [2.75, 3.05) is 0 Å². The average Bonchev–Trinajstić information content (AvgIpc) is 2.65. The van der Waals surface area contributed by atoms with Crippen molar-refractivity contribution in [3.05, 3.63) is 29.8 Å². The number of amides is 2. The summed E-state index contributed by atoms with van der Waals surface area (Å²) in [7, 11) is 0. The van der Waals surface area contributed by atoms with E-state index in [2.05, 4.69) is 15.5 Å². The molecule has 1 atom stereocenters. The maximum absolute atomic E-state index is 11.2. The van der Waals surface area contributed by atoms with Crippen molar-refractivity contribution in [1.29, 1.82) is 0 Å². The van der Waals surface area contributed by atoms with Crippen LogP contribution in [0.2, 0.25) is 0 Å². The van der Waals surface area contributed by atoms with Gasteiger partial charge in [0.2, 0.25) is 5.37 Å². The fourth-order valence-electron chi connectivity index (χ4n) is 1.33. The summed E-state index contributed by atoms with van der Waals surface area (Å²) in [5, 5.41) is 8.46. The van der Waals surface area contributed by atoms with E-state index < -0.39 is 16.5 Å². The van der Waals surface area contributed by atoms with Crippen LogP contribution in [0.5, 0.6) is 0 Å². The van der Waals surface area contributed by atoms with Gasteiger partial charge in [-0.05, 0) is 30.8 Å². The second kappa shape index (κ2) is 5.09. The molecule has 1 aliphatic rings. The van der Waals surface area contributed by atoms with Crippen molar-refractivity contribution in [1.82, 2.24) is 5.32 Å². The minimum atomic E-state index is -0.849. The van der Waals surface area contributed by atoms with Crippen LogP contribution in [0, 0.1) is 0 Å². The number of nitrogens with zero attached hydrogens (tertiary/aromatic N) is 2. The number of thioether (sulfide) groups is 1. The predicted molar refractivity (Wildman–Crippen MR) is 65.9 cm³/mol. The molecule has 0 aliphatic carbocycles. The smallest absolute Gasteiger partial charge is 0.288 e. The Labute approximate surface area is 107 Å². The molecule has 0 aromatic heterocycles. The Kier molecular flexibility index (Phi) is 3.52. The van der Waals surface area contributed by atoms with Crippen LogP contribution in [0.4, 0.5) is 10.5 Å². The molecule has 1 fully saturated rings. The zero-order valence-corrected chi connectivity index (χ0v) is 10.2. The van der Waals surface area contributed by atoms with Gasteiger partial charge in [0.05, 0.1) is 5.69 Å². The number of hydrogen-bond acceptors (Lipinski definition) is 6. The molecule has 92 valence electrons. The van der Waals surface area contributed by atoms with Gasteiger partial charge in [-0.15, -0.1) is 0 Å². The van der Waals surface area contributed by atoms with Crippen LogP contribution in [0.3, 0.4) is 0 Å². The first-order valence-corrected chi connectivity index (χ1v) is 5.97. The van der Waals surface area contributed by atoms with Crippen LogP contribution in [0.15, 0.2) is 34.5 Å². The molecule has 6 nitrogen and oxygen atoms in total. The SMILES string of the molecule is CC(=O)c1cccc(N=NC2SC(=O)NC2=O)c1. The van der Waals surface area contributed by atoms with Crippen LogP contribution in [0.1, 0.15) is 17.3 Å². The van der Waals surface area contributed by atoms with Crippen molar-refractivity contribution < 1.29 is 14.4 Å². The topological polar surface area (TPSA) is 88.0 Å². The third-order valence-electron chi connectivity index (χ3n) is 2.20. The van der Waals surface area contributed by atoms with E-state index in [0.717, 1.165) is 11.8 Å². The molecule has 7 heteroatoms.